The molecule has 1 aromatic carbocycles. The Morgan fingerprint density at radius 1 is 1.31 bits per heavy atom. The zero-order valence-corrected chi connectivity index (χ0v) is 17.5. The van der Waals surface area contributed by atoms with Crippen LogP contribution < -0.4 is 14.8 Å². The lowest BCUT2D eigenvalue weighted by Crippen LogP contribution is -2.43. The van der Waals surface area contributed by atoms with E-state index in [0.29, 0.717) is 43.4 Å². The highest BCUT2D eigenvalue weighted by molar-refractivity contribution is 5.92. The molecule has 2 aromatic rings. The first kappa shape index (κ1) is 22.4. The Labute approximate surface area is 182 Å². The number of halogens is 3. The van der Waals surface area contributed by atoms with Crippen LogP contribution >= 0.6 is 0 Å². The van der Waals surface area contributed by atoms with Crippen molar-refractivity contribution in [1.29, 1.82) is 0 Å². The average Bonchev–Trinajstić information content (AvgIpc) is 3.30. The maximum Gasteiger partial charge on any atom is 0.411 e. The summed E-state index contributed by atoms with van der Waals surface area (Å²) in [6.07, 6.45) is -4.00. The number of fused-ring (bicyclic) bond motifs is 2. The molecule has 2 atom stereocenters. The summed E-state index contributed by atoms with van der Waals surface area (Å²) in [7, 11) is 0. The van der Waals surface area contributed by atoms with Crippen LogP contribution in [0.5, 0.6) is 11.6 Å². The Balaban J connectivity index is 1.31. The van der Waals surface area contributed by atoms with Crippen LogP contribution in [0.25, 0.3) is 0 Å². The minimum Gasteiger partial charge on any atom is -0.491 e. The summed E-state index contributed by atoms with van der Waals surface area (Å²) < 4.78 is 59.9. The minimum absolute atomic E-state index is 0.118. The van der Waals surface area contributed by atoms with Gasteiger partial charge in [0.1, 0.15) is 25.1 Å². The van der Waals surface area contributed by atoms with E-state index in [-0.39, 0.29) is 37.0 Å². The van der Waals surface area contributed by atoms with E-state index in [1.807, 2.05) is 6.92 Å². The van der Waals surface area contributed by atoms with Crippen molar-refractivity contribution in [2.45, 2.75) is 44.8 Å². The second kappa shape index (κ2) is 9.37. The predicted octanol–water partition coefficient (Wildman–Crippen LogP) is 2.49. The first-order valence-corrected chi connectivity index (χ1v) is 10.3. The van der Waals surface area contributed by atoms with Gasteiger partial charge in [0.25, 0.3) is 5.91 Å². The topological polar surface area (TPSA) is 83.8 Å². The molecular formula is C21H24F3N3O5. The molecule has 4 rings (SSSR count). The number of amides is 1. The molecule has 1 N–H and O–H groups in total. The van der Waals surface area contributed by atoms with Gasteiger partial charge in [0.2, 0.25) is 5.88 Å². The molecule has 2 aliphatic heterocycles. The first-order valence-electron chi connectivity index (χ1n) is 10.3. The fourth-order valence-corrected chi connectivity index (χ4v) is 3.65. The highest BCUT2D eigenvalue weighted by atomic mass is 19.4. The van der Waals surface area contributed by atoms with Crippen molar-refractivity contribution >= 4 is 5.91 Å². The maximum absolute atomic E-state index is 12.6. The zero-order valence-electron chi connectivity index (χ0n) is 17.5. The largest absolute Gasteiger partial charge is 0.491 e. The van der Waals surface area contributed by atoms with E-state index in [1.165, 1.54) is 0 Å². The van der Waals surface area contributed by atoms with Crippen LogP contribution in [0.15, 0.2) is 24.3 Å². The summed E-state index contributed by atoms with van der Waals surface area (Å²) in [5.41, 5.74) is 1.65. The van der Waals surface area contributed by atoms with Crippen LogP contribution in [0.2, 0.25) is 0 Å². The van der Waals surface area contributed by atoms with Gasteiger partial charge in [0, 0.05) is 12.7 Å². The van der Waals surface area contributed by atoms with Crippen LogP contribution in [-0.2, 0) is 29.0 Å². The molecule has 174 valence electrons. The molecule has 0 bridgehead atoms. The van der Waals surface area contributed by atoms with Gasteiger partial charge in [-0.25, -0.2) is 4.68 Å². The number of carbonyl (C=O) groups excluding carboxylic acids is 1. The first-order chi connectivity index (χ1) is 15.3. The van der Waals surface area contributed by atoms with E-state index in [1.54, 1.807) is 28.9 Å². The molecule has 1 amide bonds. The molecule has 0 saturated heterocycles. The quantitative estimate of drug-likeness (QED) is 0.659. The molecule has 0 aliphatic carbocycles. The molecule has 3 heterocycles. The van der Waals surface area contributed by atoms with E-state index < -0.39 is 12.8 Å². The molecule has 8 nitrogen and oxygen atoms in total. The lowest BCUT2D eigenvalue weighted by Gasteiger charge is -2.26. The Kier molecular flexibility index (Phi) is 6.56. The van der Waals surface area contributed by atoms with Crippen molar-refractivity contribution in [3.05, 3.63) is 41.1 Å². The number of hydrogen-bond donors (Lipinski definition) is 1. The third-order valence-electron chi connectivity index (χ3n) is 5.05. The lowest BCUT2D eigenvalue weighted by molar-refractivity contribution is -0.176. The van der Waals surface area contributed by atoms with Gasteiger partial charge in [-0.2, -0.15) is 18.3 Å². The van der Waals surface area contributed by atoms with Gasteiger partial charge in [-0.1, -0.05) is 6.07 Å². The SMILES string of the molecule is CCOCC1Cn2nc(C(=O)NC3COc4ccc(COCC(F)(F)F)cc4C3)cc2O1. The van der Waals surface area contributed by atoms with Crippen molar-refractivity contribution in [1.82, 2.24) is 15.1 Å². The van der Waals surface area contributed by atoms with Crippen LogP contribution in [0.1, 0.15) is 28.5 Å². The molecule has 32 heavy (non-hydrogen) atoms. The molecule has 2 aliphatic rings. The molecular weight excluding hydrogens is 431 g/mol. The Hall–Kier alpha value is -2.79. The van der Waals surface area contributed by atoms with Gasteiger partial charge < -0.3 is 24.3 Å². The van der Waals surface area contributed by atoms with Gasteiger partial charge in [-0.15, -0.1) is 0 Å². The van der Waals surface area contributed by atoms with E-state index in [0.717, 1.165) is 5.56 Å². The van der Waals surface area contributed by atoms with Crippen LogP contribution in [0.4, 0.5) is 13.2 Å². The van der Waals surface area contributed by atoms with Crippen LogP contribution in [0, 0.1) is 0 Å². The number of hydrogen-bond acceptors (Lipinski definition) is 6. The fraction of sp³-hybridized carbons (Fsp3) is 0.524. The molecule has 0 radical (unpaired) electrons. The number of aromatic nitrogens is 2. The normalized spacial score (nSPS) is 19.6. The number of ether oxygens (including phenoxy) is 4. The number of benzene rings is 1. The predicted molar refractivity (Wildman–Crippen MR) is 106 cm³/mol. The molecule has 0 saturated carbocycles. The molecule has 2 unspecified atom stereocenters. The Bertz CT molecular complexity index is 939. The van der Waals surface area contributed by atoms with Crippen molar-refractivity contribution in [3.8, 4) is 11.6 Å². The maximum atomic E-state index is 12.6. The summed E-state index contributed by atoms with van der Waals surface area (Å²) in [5.74, 6) is 0.817. The Morgan fingerprint density at radius 2 is 2.16 bits per heavy atom. The highest BCUT2D eigenvalue weighted by Crippen LogP contribution is 2.27. The van der Waals surface area contributed by atoms with Gasteiger partial charge in [-0.05, 0) is 36.6 Å². The van der Waals surface area contributed by atoms with Gasteiger partial charge >= 0.3 is 6.18 Å². The lowest BCUT2D eigenvalue weighted by atomic mass is 10.0. The summed E-state index contributed by atoms with van der Waals surface area (Å²) in [5, 5.41) is 7.19. The van der Waals surface area contributed by atoms with Crippen molar-refractivity contribution in [2.75, 3.05) is 26.4 Å². The third-order valence-corrected chi connectivity index (χ3v) is 5.05. The smallest absolute Gasteiger partial charge is 0.411 e. The average molecular weight is 455 g/mol. The van der Waals surface area contributed by atoms with Gasteiger partial charge in [0.15, 0.2) is 5.69 Å². The van der Waals surface area contributed by atoms with E-state index in [2.05, 4.69) is 10.4 Å². The van der Waals surface area contributed by atoms with Gasteiger partial charge in [-0.3, -0.25) is 4.79 Å². The number of rotatable bonds is 8. The van der Waals surface area contributed by atoms with E-state index >= 15 is 0 Å². The fourth-order valence-electron chi connectivity index (χ4n) is 3.65. The number of carbonyl (C=O) groups is 1. The zero-order chi connectivity index (χ0) is 22.7. The number of nitrogens with zero attached hydrogens (tertiary/aromatic N) is 2. The van der Waals surface area contributed by atoms with E-state index in [4.69, 9.17) is 18.9 Å². The van der Waals surface area contributed by atoms with Crippen molar-refractivity contribution < 1.29 is 36.9 Å². The van der Waals surface area contributed by atoms with Crippen molar-refractivity contribution in [3.63, 3.8) is 0 Å². The summed E-state index contributed by atoms with van der Waals surface area (Å²) in [6, 6.07) is 6.40. The summed E-state index contributed by atoms with van der Waals surface area (Å²) in [4.78, 5) is 12.6. The summed E-state index contributed by atoms with van der Waals surface area (Å²) in [6.45, 7) is 2.31. The third kappa shape index (κ3) is 5.52. The monoisotopic (exact) mass is 455 g/mol. The standard InChI is InChI=1S/C21H24F3N3O5/c1-2-29-11-16-8-27-19(32-16)7-17(26-27)20(28)25-15-6-14-5-13(3-4-18(14)31-10-15)9-30-12-21(22,23)24/h3-5,7,15-16H,2,6,8-12H2,1H3,(H,25,28). The molecule has 0 spiro atoms. The van der Waals surface area contributed by atoms with Crippen LogP contribution in [0.3, 0.4) is 0 Å². The van der Waals surface area contributed by atoms with Gasteiger partial charge in [0.05, 0.1) is 25.8 Å². The number of nitrogens with one attached hydrogen (secondary N) is 1. The second-order valence-corrected chi connectivity index (χ2v) is 7.68. The summed E-state index contributed by atoms with van der Waals surface area (Å²) >= 11 is 0. The molecule has 11 heteroatoms. The highest BCUT2D eigenvalue weighted by Gasteiger charge is 2.29. The minimum atomic E-state index is -4.37. The molecule has 1 aromatic heterocycles. The number of alkyl halides is 3. The Morgan fingerprint density at radius 3 is 2.91 bits per heavy atom. The van der Waals surface area contributed by atoms with Crippen molar-refractivity contribution in [2.24, 2.45) is 0 Å². The second-order valence-electron chi connectivity index (χ2n) is 7.68. The molecule has 0 fully saturated rings. The van der Waals surface area contributed by atoms with Crippen LogP contribution in [-0.4, -0.2) is 60.4 Å². The van der Waals surface area contributed by atoms with E-state index in [9.17, 15) is 18.0 Å².